The lowest BCUT2D eigenvalue weighted by Gasteiger charge is -2.42. The molecular weight excluding hydrogens is 424 g/mol. The largest absolute Gasteiger partial charge is 0.380 e. The fourth-order valence-corrected chi connectivity index (χ4v) is 6.18. The molecule has 4 N–H and O–H groups in total. The molecule has 7 nitrogen and oxygen atoms in total. The maximum atomic E-state index is 11.3. The van der Waals surface area contributed by atoms with Crippen LogP contribution in [0.25, 0.3) is 10.9 Å². The Kier molecular flexibility index (Phi) is 7.14. The average molecular weight is 463 g/mol. The minimum Gasteiger partial charge on any atom is -0.371 e. The molecule has 0 atom stereocenters. The summed E-state index contributed by atoms with van der Waals surface area (Å²) in [5, 5.41) is 6.04. The topological polar surface area (TPSA) is 104 Å². The molecule has 1 aromatic heterocycles. The van der Waals surface area contributed by atoms with Crippen LogP contribution in [-0.4, -0.2) is 43.6 Å². The Morgan fingerprint density at radius 2 is 1.75 bits per heavy atom. The minimum absolute atomic E-state index is 0.239. The van der Waals surface area contributed by atoms with Crippen LogP contribution in [0.5, 0.6) is 5.75 Å². The molecule has 4 rings (SSSR count). The van der Waals surface area contributed by atoms with Gasteiger partial charge in [-0.05, 0) is 87.1 Å². The van der Waals surface area contributed by atoms with Crippen LogP contribution < -0.4 is 15.1 Å². The van der Waals surface area contributed by atoms with Crippen LogP contribution in [0.2, 0.25) is 0 Å². The van der Waals surface area contributed by atoms with Crippen molar-refractivity contribution in [2.75, 3.05) is 19.6 Å². The van der Waals surface area contributed by atoms with Gasteiger partial charge in [0.1, 0.15) is 5.75 Å². The van der Waals surface area contributed by atoms with Crippen LogP contribution >= 0.6 is 0 Å². The number of piperidine rings is 1. The van der Waals surface area contributed by atoms with E-state index in [1.807, 2.05) is 6.07 Å². The fraction of sp³-hybridized carbons (Fsp3) is 0.667. The van der Waals surface area contributed by atoms with Gasteiger partial charge in [0.05, 0.1) is 0 Å². The van der Waals surface area contributed by atoms with Crippen LogP contribution in [-0.2, 0) is 16.7 Å². The van der Waals surface area contributed by atoms with E-state index in [-0.39, 0.29) is 5.75 Å². The van der Waals surface area contributed by atoms with Crippen LogP contribution in [0.1, 0.15) is 64.0 Å². The van der Waals surface area contributed by atoms with Gasteiger partial charge >= 0.3 is 10.3 Å². The van der Waals surface area contributed by atoms with Crippen molar-refractivity contribution in [3.63, 3.8) is 0 Å². The second-order valence-corrected chi connectivity index (χ2v) is 11.1. The number of benzene rings is 1. The highest BCUT2D eigenvalue weighted by atomic mass is 32.2. The summed E-state index contributed by atoms with van der Waals surface area (Å²) in [6.07, 6.45) is 10.6. The minimum atomic E-state index is -4.05. The zero-order valence-corrected chi connectivity index (χ0v) is 20.2. The number of hydrogen-bond acceptors (Lipinski definition) is 5. The molecular formula is C24H38N4O3S. The first-order valence-corrected chi connectivity index (χ1v) is 13.5. The van der Waals surface area contributed by atoms with E-state index in [1.165, 1.54) is 25.7 Å². The summed E-state index contributed by atoms with van der Waals surface area (Å²) in [4.78, 5) is 2.72. The zero-order chi connectivity index (χ0) is 22.9. The summed E-state index contributed by atoms with van der Waals surface area (Å²) in [5.41, 5.74) is 8.07. The number of fused-ring (bicyclic) bond motifs is 1. The number of nitrogens with two attached hydrogens (primary N) is 2. The van der Waals surface area contributed by atoms with E-state index in [1.54, 1.807) is 12.1 Å². The van der Waals surface area contributed by atoms with Crippen molar-refractivity contribution in [1.82, 2.24) is 9.47 Å². The standard InChI is InChI=1S/C24H38N4O3S/c1-17(2)18-3-5-20(6-4-18)27-13-10-21(11-14-27)28-16-19(9-12-25)23-15-22(7-8-24(23)28)31-32(26,29)30/h7-8,15-18,20-21H,3-6,9-14,25H2,1-2H3,(H2,26,29,30). The van der Waals surface area contributed by atoms with Crippen molar-refractivity contribution in [1.29, 1.82) is 0 Å². The molecule has 0 amide bonds. The van der Waals surface area contributed by atoms with Crippen LogP contribution in [0.4, 0.5) is 0 Å². The van der Waals surface area contributed by atoms with Gasteiger partial charge in [-0.15, -0.1) is 0 Å². The second kappa shape index (κ2) is 9.71. The van der Waals surface area contributed by atoms with Crippen molar-refractivity contribution < 1.29 is 12.6 Å². The molecule has 178 valence electrons. The Hall–Kier alpha value is -1.61. The van der Waals surface area contributed by atoms with Crippen molar-refractivity contribution in [2.24, 2.45) is 22.7 Å². The van der Waals surface area contributed by atoms with Gasteiger partial charge in [-0.3, -0.25) is 0 Å². The van der Waals surface area contributed by atoms with E-state index in [4.69, 9.17) is 15.1 Å². The second-order valence-electron chi connectivity index (χ2n) is 9.94. The predicted molar refractivity (Wildman–Crippen MR) is 129 cm³/mol. The molecule has 0 unspecified atom stereocenters. The third-order valence-corrected chi connectivity index (χ3v) is 8.03. The number of aromatic nitrogens is 1. The molecule has 8 heteroatoms. The van der Waals surface area contributed by atoms with Gasteiger partial charge in [-0.25, -0.2) is 0 Å². The number of rotatable bonds is 7. The Balaban J connectivity index is 1.47. The molecule has 2 aromatic rings. The van der Waals surface area contributed by atoms with Crippen molar-refractivity contribution in [2.45, 2.75) is 70.9 Å². The Morgan fingerprint density at radius 3 is 2.34 bits per heavy atom. The van der Waals surface area contributed by atoms with Crippen LogP contribution in [0, 0.1) is 11.8 Å². The number of likely N-dealkylation sites (tertiary alicyclic amines) is 1. The Labute approximate surface area is 192 Å². The molecule has 32 heavy (non-hydrogen) atoms. The molecule has 0 spiro atoms. The summed E-state index contributed by atoms with van der Waals surface area (Å²) < 4.78 is 29.9. The van der Waals surface area contributed by atoms with E-state index >= 15 is 0 Å². The predicted octanol–water partition coefficient (Wildman–Crippen LogP) is 3.58. The van der Waals surface area contributed by atoms with Gasteiger partial charge in [0.15, 0.2) is 0 Å². The number of nitrogens with zero attached hydrogens (tertiary/aromatic N) is 2. The monoisotopic (exact) mass is 462 g/mol. The molecule has 2 heterocycles. The normalized spacial score (nSPS) is 23.8. The average Bonchev–Trinajstić information content (AvgIpc) is 3.11. The summed E-state index contributed by atoms with van der Waals surface area (Å²) in [7, 11) is -4.05. The van der Waals surface area contributed by atoms with Gasteiger partial charge in [0, 0.05) is 42.3 Å². The van der Waals surface area contributed by atoms with E-state index in [9.17, 15) is 8.42 Å². The highest BCUT2D eigenvalue weighted by molar-refractivity contribution is 7.84. The lowest BCUT2D eigenvalue weighted by atomic mass is 9.79. The smallest absolute Gasteiger partial charge is 0.371 e. The summed E-state index contributed by atoms with van der Waals surface area (Å²) in [6, 6.07) is 6.58. The summed E-state index contributed by atoms with van der Waals surface area (Å²) in [6.45, 7) is 7.54. The third kappa shape index (κ3) is 5.30. The molecule has 1 saturated carbocycles. The summed E-state index contributed by atoms with van der Waals surface area (Å²) >= 11 is 0. The highest BCUT2D eigenvalue weighted by Crippen LogP contribution is 2.36. The van der Waals surface area contributed by atoms with E-state index in [0.717, 1.165) is 66.7 Å². The van der Waals surface area contributed by atoms with E-state index < -0.39 is 10.3 Å². The first-order valence-electron chi connectivity index (χ1n) is 12.0. The quantitative estimate of drug-likeness (QED) is 0.655. The lowest BCUT2D eigenvalue weighted by Crippen LogP contribution is -2.43. The molecule has 0 radical (unpaired) electrons. The van der Waals surface area contributed by atoms with Gasteiger partial charge < -0.3 is 19.4 Å². The van der Waals surface area contributed by atoms with Crippen LogP contribution in [0.15, 0.2) is 24.4 Å². The molecule has 1 aliphatic heterocycles. The van der Waals surface area contributed by atoms with Crippen LogP contribution in [0.3, 0.4) is 0 Å². The van der Waals surface area contributed by atoms with E-state index in [2.05, 4.69) is 29.5 Å². The summed E-state index contributed by atoms with van der Waals surface area (Å²) in [5.74, 6) is 1.95. The van der Waals surface area contributed by atoms with Gasteiger partial charge in [-0.1, -0.05) is 13.8 Å². The first-order chi connectivity index (χ1) is 15.2. The molecule has 1 saturated heterocycles. The Morgan fingerprint density at radius 1 is 1.06 bits per heavy atom. The molecule has 0 bridgehead atoms. The maximum absolute atomic E-state index is 11.3. The van der Waals surface area contributed by atoms with Crippen molar-refractivity contribution in [3.05, 3.63) is 30.0 Å². The SMILES string of the molecule is CC(C)C1CCC(N2CCC(n3cc(CCN)c4cc(OS(N)(=O)=O)ccc43)CC2)CC1. The van der Waals surface area contributed by atoms with Gasteiger partial charge in [0.2, 0.25) is 0 Å². The van der Waals surface area contributed by atoms with Gasteiger partial charge in [0.25, 0.3) is 0 Å². The molecule has 2 fully saturated rings. The number of hydrogen-bond donors (Lipinski definition) is 2. The zero-order valence-electron chi connectivity index (χ0n) is 19.4. The lowest BCUT2D eigenvalue weighted by molar-refractivity contribution is 0.0894. The molecule has 2 aliphatic rings. The van der Waals surface area contributed by atoms with Gasteiger partial charge in [-0.2, -0.15) is 13.6 Å². The fourth-order valence-electron chi connectivity index (χ4n) is 5.81. The third-order valence-electron chi connectivity index (χ3n) is 7.61. The van der Waals surface area contributed by atoms with Crippen molar-refractivity contribution >= 4 is 21.2 Å². The Bertz CT molecular complexity index is 1020. The highest BCUT2D eigenvalue weighted by Gasteiger charge is 2.30. The first kappa shape index (κ1) is 23.5. The molecule has 1 aliphatic carbocycles. The van der Waals surface area contributed by atoms with E-state index in [0.29, 0.717) is 12.6 Å². The molecule has 1 aromatic carbocycles. The van der Waals surface area contributed by atoms with Crippen molar-refractivity contribution in [3.8, 4) is 5.75 Å². The maximum Gasteiger partial charge on any atom is 0.380 e.